The molecule has 17 heavy (non-hydrogen) atoms. The highest BCUT2D eigenvalue weighted by Crippen LogP contribution is 2.17. The summed E-state index contributed by atoms with van der Waals surface area (Å²) in [7, 11) is 0. The molecule has 1 rings (SSSR count). The van der Waals surface area contributed by atoms with E-state index in [1.165, 1.54) is 69.8 Å². The summed E-state index contributed by atoms with van der Waals surface area (Å²) in [5, 5.41) is 3.59. The molecule has 0 bridgehead atoms. The fourth-order valence-electron chi connectivity index (χ4n) is 2.55. The van der Waals surface area contributed by atoms with E-state index in [0.717, 1.165) is 6.04 Å². The van der Waals surface area contributed by atoms with Gasteiger partial charge in [0.1, 0.15) is 0 Å². The van der Waals surface area contributed by atoms with E-state index >= 15 is 0 Å². The Hall–Kier alpha value is 0.270. The maximum atomic E-state index is 3.59. The number of likely N-dealkylation sites (tertiary alicyclic amines) is 1. The van der Waals surface area contributed by atoms with Crippen LogP contribution in [0.25, 0.3) is 0 Å². The number of nitrogens with one attached hydrogen (secondary N) is 1. The molecule has 1 unspecified atom stereocenters. The molecule has 0 aromatic rings. The molecule has 0 saturated carbocycles. The van der Waals surface area contributed by atoms with Crippen molar-refractivity contribution in [2.45, 2.75) is 52.0 Å². The predicted molar refractivity (Wildman–Crippen MR) is 80.0 cm³/mol. The molecule has 0 amide bonds. The van der Waals surface area contributed by atoms with Crippen molar-refractivity contribution >= 4 is 11.8 Å². The van der Waals surface area contributed by atoms with Gasteiger partial charge in [-0.1, -0.05) is 20.3 Å². The number of rotatable bonds is 9. The predicted octanol–water partition coefficient (Wildman–Crippen LogP) is 2.98. The third-order valence-corrected chi connectivity index (χ3v) is 4.48. The van der Waals surface area contributed by atoms with Crippen LogP contribution in [0.3, 0.4) is 0 Å². The highest BCUT2D eigenvalue weighted by molar-refractivity contribution is 7.99. The average Bonchev–Trinajstić information content (AvgIpc) is 2.36. The first kappa shape index (κ1) is 15.3. The molecular formula is C14H30N2S. The quantitative estimate of drug-likeness (QED) is 0.640. The molecular weight excluding hydrogens is 228 g/mol. The number of piperidine rings is 1. The number of hydrogen-bond acceptors (Lipinski definition) is 3. The lowest BCUT2D eigenvalue weighted by atomic mass is 10.0. The molecule has 1 fully saturated rings. The molecule has 1 N–H and O–H groups in total. The minimum absolute atomic E-state index is 0.807. The molecule has 102 valence electrons. The number of hydrogen-bond donors (Lipinski definition) is 1. The van der Waals surface area contributed by atoms with Gasteiger partial charge in [-0.15, -0.1) is 0 Å². The molecule has 0 spiro atoms. The normalized spacial score (nSPS) is 21.9. The van der Waals surface area contributed by atoms with Crippen LogP contribution in [-0.4, -0.2) is 48.6 Å². The highest BCUT2D eigenvalue weighted by Gasteiger charge is 2.20. The topological polar surface area (TPSA) is 15.3 Å². The number of thioether (sulfide) groups is 1. The first-order valence-electron chi connectivity index (χ1n) is 7.41. The van der Waals surface area contributed by atoms with Gasteiger partial charge in [-0.3, -0.25) is 4.90 Å². The largest absolute Gasteiger partial charge is 0.315 e. The van der Waals surface area contributed by atoms with Gasteiger partial charge in [-0.25, -0.2) is 0 Å². The summed E-state index contributed by atoms with van der Waals surface area (Å²) in [4.78, 5) is 2.72. The van der Waals surface area contributed by atoms with Crippen molar-refractivity contribution in [3.8, 4) is 0 Å². The summed E-state index contributed by atoms with van der Waals surface area (Å²) in [5.41, 5.74) is 0. The van der Waals surface area contributed by atoms with Crippen LogP contribution in [0.5, 0.6) is 0 Å². The smallest absolute Gasteiger partial charge is 0.0220 e. The average molecular weight is 258 g/mol. The first-order valence-corrected chi connectivity index (χ1v) is 8.56. The summed E-state index contributed by atoms with van der Waals surface area (Å²) in [6, 6.07) is 0.807. The van der Waals surface area contributed by atoms with Crippen molar-refractivity contribution in [1.29, 1.82) is 0 Å². The van der Waals surface area contributed by atoms with Gasteiger partial charge < -0.3 is 5.32 Å². The van der Waals surface area contributed by atoms with E-state index in [4.69, 9.17) is 0 Å². The van der Waals surface area contributed by atoms with Crippen molar-refractivity contribution in [2.24, 2.45) is 0 Å². The Morgan fingerprint density at radius 3 is 2.94 bits per heavy atom. The molecule has 1 atom stereocenters. The van der Waals surface area contributed by atoms with E-state index in [1.807, 2.05) is 0 Å². The zero-order valence-electron chi connectivity index (χ0n) is 11.7. The van der Waals surface area contributed by atoms with Crippen molar-refractivity contribution in [1.82, 2.24) is 10.2 Å². The van der Waals surface area contributed by atoms with Gasteiger partial charge >= 0.3 is 0 Å². The molecule has 0 aromatic carbocycles. The van der Waals surface area contributed by atoms with Crippen LogP contribution >= 0.6 is 11.8 Å². The second kappa shape index (κ2) is 10.2. The van der Waals surface area contributed by atoms with Crippen molar-refractivity contribution in [3.63, 3.8) is 0 Å². The fraction of sp³-hybridized carbons (Fsp3) is 1.00. The van der Waals surface area contributed by atoms with E-state index < -0.39 is 0 Å². The monoisotopic (exact) mass is 258 g/mol. The van der Waals surface area contributed by atoms with Gasteiger partial charge in [0.15, 0.2) is 0 Å². The lowest BCUT2D eigenvalue weighted by Gasteiger charge is -2.36. The third kappa shape index (κ3) is 6.68. The third-order valence-electron chi connectivity index (χ3n) is 3.49. The van der Waals surface area contributed by atoms with Crippen LogP contribution in [0.4, 0.5) is 0 Å². The fourth-order valence-corrected chi connectivity index (χ4v) is 3.17. The molecule has 0 aliphatic carbocycles. The van der Waals surface area contributed by atoms with Crippen molar-refractivity contribution in [3.05, 3.63) is 0 Å². The zero-order chi connectivity index (χ0) is 12.3. The summed E-state index contributed by atoms with van der Waals surface area (Å²) in [5.74, 6) is 2.60. The van der Waals surface area contributed by atoms with Crippen LogP contribution in [0.2, 0.25) is 0 Å². The molecule has 0 radical (unpaired) electrons. The minimum atomic E-state index is 0.807. The van der Waals surface area contributed by atoms with Gasteiger partial charge in [0.05, 0.1) is 0 Å². The Kier molecular flexibility index (Phi) is 9.21. The maximum Gasteiger partial charge on any atom is 0.0220 e. The zero-order valence-corrected chi connectivity index (χ0v) is 12.5. The Labute approximate surface area is 112 Å². The summed E-state index contributed by atoms with van der Waals surface area (Å²) >= 11 is 2.08. The van der Waals surface area contributed by atoms with Crippen LogP contribution in [0.15, 0.2) is 0 Å². The molecule has 3 heteroatoms. The second-order valence-electron chi connectivity index (χ2n) is 4.94. The molecule has 2 nitrogen and oxygen atoms in total. The lowest BCUT2D eigenvalue weighted by molar-refractivity contribution is 0.146. The Balaban J connectivity index is 2.17. The first-order chi connectivity index (χ1) is 8.38. The molecule has 1 aliphatic heterocycles. The SMILES string of the molecule is CCCNCC1CCCCN1CCCSCC. The van der Waals surface area contributed by atoms with Crippen molar-refractivity contribution in [2.75, 3.05) is 37.7 Å². The van der Waals surface area contributed by atoms with Gasteiger partial charge in [-0.05, 0) is 56.8 Å². The second-order valence-corrected chi connectivity index (χ2v) is 6.33. The van der Waals surface area contributed by atoms with Crippen LogP contribution in [-0.2, 0) is 0 Å². The van der Waals surface area contributed by atoms with E-state index in [9.17, 15) is 0 Å². The van der Waals surface area contributed by atoms with Gasteiger partial charge in [0, 0.05) is 12.6 Å². The van der Waals surface area contributed by atoms with Gasteiger partial charge in [-0.2, -0.15) is 11.8 Å². The van der Waals surface area contributed by atoms with Crippen LogP contribution < -0.4 is 5.32 Å². The Morgan fingerprint density at radius 2 is 2.18 bits per heavy atom. The van der Waals surface area contributed by atoms with Crippen LogP contribution in [0, 0.1) is 0 Å². The van der Waals surface area contributed by atoms with Gasteiger partial charge in [0.25, 0.3) is 0 Å². The highest BCUT2D eigenvalue weighted by atomic mass is 32.2. The molecule has 1 saturated heterocycles. The van der Waals surface area contributed by atoms with E-state index in [2.05, 4.69) is 35.8 Å². The Morgan fingerprint density at radius 1 is 1.29 bits per heavy atom. The maximum absolute atomic E-state index is 3.59. The van der Waals surface area contributed by atoms with E-state index in [0.29, 0.717) is 0 Å². The van der Waals surface area contributed by atoms with E-state index in [-0.39, 0.29) is 0 Å². The summed E-state index contributed by atoms with van der Waals surface area (Å²) in [6.07, 6.45) is 6.85. The standard InChI is InChI=1S/C14H30N2S/c1-3-9-15-13-14-8-5-6-10-16(14)11-7-12-17-4-2/h14-15H,3-13H2,1-2H3. The summed E-state index contributed by atoms with van der Waals surface area (Å²) in [6.45, 7) is 9.52. The van der Waals surface area contributed by atoms with Crippen LogP contribution in [0.1, 0.15) is 46.0 Å². The number of nitrogens with zero attached hydrogens (tertiary/aromatic N) is 1. The van der Waals surface area contributed by atoms with Gasteiger partial charge in [0.2, 0.25) is 0 Å². The Bertz CT molecular complexity index is 176. The van der Waals surface area contributed by atoms with Crippen molar-refractivity contribution < 1.29 is 0 Å². The lowest BCUT2D eigenvalue weighted by Crippen LogP contribution is -2.46. The minimum Gasteiger partial charge on any atom is -0.315 e. The summed E-state index contributed by atoms with van der Waals surface area (Å²) < 4.78 is 0. The van der Waals surface area contributed by atoms with E-state index in [1.54, 1.807) is 0 Å². The molecule has 1 aliphatic rings. The molecule has 0 aromatic heterocycles. The molecule has 1 heterocycles.